The van der Waals surface area contributed by atoms with Crippen molar-refractivity contribution < 1.29 is 14.9 Å². The molecule has 1 aliphatic heterocycles. The fraction of sp³-hybridized carbons (Fsp3) is 0.667. The third kappa shape index (κ3) is 5.36. The second kappa shape index (κ2) is 9.26. The zero-order valence-electron chi connectivity index (χ0n) is 13.5. The lowest BCUT2D eigenvalue weighted by atomic mass is 9.95. The van der Waals surface area contributed by atoms with Gasteiger partial charge in [0.05, 0.1) is 25.4 Å². The normalized spacial score (nSPS) is 22.4. The molecule has 2 N–H and O–H groups in total. The molecule has 0 aromatic heterocycles. The molecule has 1 aliphatic rings. The third-order valence-corrected chi connectivity index (χ3v) is 4.39. The van der Waals surface area contributed by atoms with Gasteiger partial charge in [0.25, 0.3) is 0 Å². The lowest BCUT2D eigenvalue weighted by Gasteiger charge is -2.39. The minimum absolute atomic E-state index is 0.183. The molecule has 1 fully saturated rings. The van der Waals surface area contributed by atoms with Crippen LogP contribution in [0.1, 0.15) is 38.2 Å². The fourth-order valence-corrected chi connectivity index (χ4v) is 3.16. The minimum Gasteiger partial charge on any atom is -0.392 e. The summed E-state index contributed by atoms with van der Waals surface area (Å²) in [7, 11) is 0. The van der Waals surface area contributed by atoms with Crippen LogP contribution >= 0.6 is 0 Å². The smallest absolute Gasteiger partial charge is 0.0900 e. The van der Waals surface area contributed by atoms with Crippen molar-refractivity contribution in [3.8, 4) is 0 Å². The van der Waals surface area contributed by atoms with E-state index in [2.05, 4.69) is 4.90 Å². The van der Waals surface area contributed by atoms with E-state index < -0.39 is 6.10 Å². The molecule has 1 saturated heterocycles. The summed E-state index contributed by atoms with van der Waals surface area (Å²) in [5.41, 5.74) is 1.12. The number of aliphatic hydroxyl groups is 2. The van der Waals surface area contributed by atoms with Crippen molar-refractivity contribution in [1.29, 1.82) is 0 Å². The van der Waals surface area contributed by atoms with Crippen LogP contribution in [0, 0.1) is 0 Å². The first-order valence-electron chi connectivity index (χ1n) is 8.42. The highest BCUT2D eigenvalue weighted by Crippen LogP contribution is 2.21. The minimum atomic E-state index is -0.506. The molecule has 1 aromatic carbocycles. The quantitative estimate of drug-likeness (QED) is 0.773. The molecule has 0 bridgehead atoms. The molecule has 124 valence electrons. The Labute approximate surface area is 133 Å². The van der Waals surface area contributed by atoms with Gasteiger partial charge < -0.3 is 14.9 Å². The van der Waals surface area contributed by atoms with E-state index in [4.69, 9.17) is 4.74 Å². The molecular weight excluding hydrogens is 278 g/mol. The number of rotatable bonds is 8. The number of aliphatic hydroxyl groups excluding tert-OH is 2. The van der Waals surface area contributed by atoms with E-state index in [0.29, 0.717) is 19.8 Å². The number of piperidine rings is 1. The molecule has 22 heavy (non-hydrogen) atoms. The van der Waals surface area contributed by atoms with E-state index in [1.807, 2.05) is 37.3 Å². The Hall–Kier alpha value is -0.940. The van der Waals surface area contributed by atoms with Gasteiger partial charge in [0.15, 0.2) is 0 Å². The largest absolute Gasteiger partial charge is 0.392 e. The van der Waals surface area contributed by atoms with Gasteiger partial charge in [0, 0.05) is 12.6 Å². The molecule has 0 aliphatic carbocycles. The van der Waals surface area contributed by atoms with Gasteiger partial charge in [-0.25, -0.2) is 0 Å². The van der Waals surface area contributed by atoms with Crippen LogP contribution in [-0.2, 0) is 11.3 Å². The van der Waals surface area contributed by atoms with E-state index in [1.165, 1.54) is 6.42 Å². The summed E-state index contributed by atoms with van der Waals surface area (Å²) in [4.78, 5) is 2.23. The Kier molecular flexibility index (Phi) is 7.33. The first-order valence-corrected chi connectivity index (χ1v) is 8.42. The Morgan fingerprint density at radius 1 is 1.23 bits per heavy atom. The number of hydrogen-bond donors (Lipinski definition) is 2. The van der Waals surface area contributed by atoms with Crippen LogP contribution in [0.3, 0.4) is 0 Å². The van der Waals surface area contributed by atoms with Crippen LogP contribution in [0.4, 0.5) is 0 Å². The lowest BCUT2D eigenvalue weighted by molar-refractivity contribution is -0.0287. The molecule has 3 unspecified atom stereocenters. The summed E-state index contributed by atoms with van der Waals surface area (Å²) < 4.78 is 5.61. The Balaban J connectivity index is 1.74. The molecular formula is C18H29NO3. The average Bonchev–Trinajstić information content (AvgIpc) is 2.55. The van der Waals surface area contributed by atoms with Gasteiger partial charge in [-0.15, -0.1) is 0 Å². The van der Waals surface area contributed by atoms with Crippen LogP contribution in [-0.4, -0.2) is 53.1 Å². The second-order valence-corrected chi connectivity index (χ2v) is 6.19. The van der Waals surface area contributed by atoms with Crippen LogP contribution in [0.25, 0.3) is 0 Å². The molecule has 3 atom stereocenters. The summed E-state index contributed by atoms with van der Waals surface area (Å²) in [5.74, 6) is 0. The summed E-state index contributed by atoms with van der Waals surface area (Å²) in [6.45, 7) is 4.41. The predicted octanol–water partition coefficient (Wildman–Crippen LogP) is 2.19. The molecule has 0 radical (unpaired) electrons. The first-order chi connectivity index (χ1) is 10.7. The van der Waals surface area contributed by atoms with E-state index in [0.717, 1.165) is 31.4 Å². The van der Waals surface area contributed by atoms with E-state index in [-0.39, 0.29) is 12.1 Å². The summed E-state index contributed by atoms with van der Waals surface area (Å²) in [5, 5.41) is 20.3. The lowest BCUT2D eigenvalue weighted by Crippen LogP contribution is -2.50. The van der Waals surface area contributed by atoms with Crippen molar-refractivity contribution in [2.24, 2.45) is 0 Å². The molecule has 0 spiro atoms. The summed E-state index contributed by atoms with van der Waals surface area (Å²) in [6, 6.07) is 10.2. The summed E-state index contributed by atoms with van der Waals surface area (Å²) in [6.07, 6.45) is 3.30. The molecule has 4 heteroatoms. The van der Waals surface area contributed by atoms with Gasteiger partial charge in [-0.05, 0) is 31.4 Å². The molecule has 0 saturated carbocycles. The standard InChI is InChI=1S/C18H29NO3/c1-2-18(21)17-10-6-7-11-19(17)12-16(20)14-22-13-15-8-4-3-5-9-15/h3-5,8-9,16-18,20-21H,2,6-7,10-14H2,1H3. The number of nitrogens with zero attached hydrogens (tertiary/aromatic N) is 1. The Morgan fingerprint density at radius 2 is 2.00 bits per heavy atom. The number of likely N-dealkylation sites (tertiary alicyclic amines) is 1. The van der Waals surface area contributed by atoms with Gasteiger partial charge in [0.2, 0.25) is 0 Å². The summed E-state index contributed by atoms with van der Waals surface area (Å²) >= 11 is 0. The van der Waals surface area contributed by atoms with Crippen molar-refractivity contribution in [3.63, 3.8) is 0 Å². The van der Waals surface area contributed by atoms with Gasteiger partial charge >= 0.3 is 0 Å². The van der Waals surface area contributed by atoms with E-state index in [9.17, 15) is 10.2 Å². The number of β-amino-alcohol motifs (C(OH)–C–C–N with tert-alkyl or cyclic N) is 1. The van der Waals surface area contributed by atoms with Crippen LogP contribution < -0.4 is 0 Å². The maximum atomic E-state index is 10.2. The number of ether oxygens (including phenoxy) is 1. The molecule has 1 heterocycles. The van der Waals surface area contributed by atoms with Crippen molar-refractivity contribution in [2.45, 2.75) is 57.5 Å². The number of hydrogen-bond acceptors (Lipinski definition) is 4. The average molecular weight is 307 g/mol. The van der Waals surface area contributed by atoms with Gasteiger partial charge in [-0.3, -0.25) is 4.90 Å². The second-order valence-electron chi connectivity index (χ2n) is 6.19. The number of benzene rings is 1. The zero-order valence-corrected chi connectivity index (χ0v) is 13.5. The highest BCUT2D eigenvalue weighted by molar-refractivity contribution is 5.13. The highest BCUT2D eigenvalue weighted by atomic mass is 16.5. The molecule has 2 rings (SSSR count). The topological polar surface area (TPSA) is 52.9 Å². The third-order valence-electron chi connectivity index (χ3n) is 4.39. The Morgan fingerprint density at radius 3 is 2.73 bits per heavy atom. The van der Waals surface area contributed by atoms with Gasteiger partial charge in [-0.1, -0.05) is 43.7 Å². The van der Waals surface area contributed by atoms with E-state index in [1.54, 1.807) is 0 Å². The SMILES string of the molecule is CCC(O)C1CCCCN1CC(O)COCc1ccccc1. The fourth-order valence-electron chi connectivity index (χ4n) is 3.16. The van der Waals surface area contributed by atoms with Crippen molar-refractivity contribution in [1.82, 2.24) is 4.90 Å². The molecule has 1 aromatic rings. The van der Waals surface area contributed by atoms with Crippen molar-refractivity contribution >= 4 is 0 Å². The zero-order chi connectivity index (χ0) is 15.8. The van der Waals surface area contributed by atoms with Gasteiger partial charge in [-0.2, -0.15) is 0 Å². The van der Waals surface area contributed by atoms with Gasteiger partial charge in [0.1, 0.15) is 0 Å². The van der Waals surface area contributed by atoms with Crippen molar-refractivity contribution in [3.05, 3.63) is 35.9 Å². The highest BCUT2D eigenvalue weighted by Gasteiger charge is 2.28. The van der Waals surface area contributed by atoms with Crippen LogP contribution in [0.15, 0.2) is 30.3 Å². The van der Waals surface area contributed by atoms with Crippen LogP contribution in [0.2, 0.25) is 0 Å². The predicted molar refractivity (Wildman–Crippen MR) is 87.6 cm³/mol. The molecule has 0 amide bonds. The maximum absolute atomic E-state index is 10.2. The monoisotopic (exact) mass is 307 g/mol. The Bertz CT molecular complexity index is 412. The van der Waals surface area contributed by atoms with Crippen LogP contribution in [0.5, 0.6) is 0 Å². The van der Waals surface area contributed by atoms with E-state index >= 15 is 0 Å². The molecule has 4 nitrogen and oxygen atoms in total. The maximum Gasteiger partial charge on any atom is 0.0900 e. The first kappa shape index (κ1) is 17.4. The van der Waals surface area contributed by atoms with Crippen molar-refractivity contribution in [2.75, 3.05) is 19.7 Å².